The molecule has 36 valence electrons. The molecular formula is C3H14V2. The van der Waals surface area contributed by atoms with E-state index in [1.807, 2.05) is 0 Å². The molecule has 0 aromatic carbocycles. The zero-order chi connectivity index (χ0) is 0. The number of hydrogen-bond acceptors (Lipinski definition) is 0. The summed E-state index contributed by atoms with van der Waals surface area (Å²) in [6.07, 6.45) is 0. The van der Waals surface area contributed by atoms with Gasteiger partial charge in [-0.3, -0.25) is 0 Å². The summed E-state index contributed by atoms with van der Waals surface area (Å²) in [6, 6.07) is 0. The van der Waals surface area contributed by atoms with E-state index < -0.39 is 0 Å². The Hall–Kier alpha value is 1.17. The van der Waals surface area contributed by atoms with Gasteiger partial charge in [-0.2, -0.15) is 0 Å². The van der Waals surface area contributed by atoms with Crippen LogP contribution in [0.4, 0.5) is 0 Å². The maximum Gasteiger partial charge on any atom is 0 e. The third-order valence-corrected chi connectivity index (χ3v) is 0. The van der Waals surface area contributed by atoms with E-state index in [2.05, 4.69) is 0 Å². The van der Waals surface area contributed by atoms with Crippen molar-refractivity contribution < 1.29 is 38.5 Å². The van der Waals surface area contributed by atoms with Crippen LogP contribution in [-0.4, -0.2) is 0 Å². The normalized spacial score (nSPS) is 0. The Balaban J connectivity index is 0. The minimum absolute atomic E-state index is 0. The van der Waals surface area contributed by atoms with Crippen LogP contribution in [0.3, 0.4) is 0 Å². The average Bonchev–Trinajstić information content (AvgIpc) is 0. The summed E-state index contributed by atoms with van der Waals surface area (Å²) < 4.78 is 0. The molecule has 0 bridgehead atoms. The van der Waals surface area contributed by atoms with Crippen LogP contribution in [0.15, 0.2) is 0 Å². The average molecular weight is 154 g/mol. The molecule has 0 nitrogen and oxygen atoms in total. The molecule has 0 rings (SSSR count). The third-order valence-electron chi connectivity index (χ3n) is 0. The van der Waals surface area contributed by atoms with Crippen molar-refractivity contribution in [1.29, 1.82) is 0 Å². The first-order chi connectivity index (χ1) is 0. The Morgan fingerprint density at radius 2 is 0.600 bits per heavy atom. The molecular weight excluding hydrogens is 138 g/mol. The van der Waals surface area contributed by atoms with Crippen LogP contribution in [0.1, 0.15) is 23.7 Å². The third kappa shape index (κ3) is 38.0. The second-order valence-corrected chi connectivity index (χ2v) is 0. The van der Waals surface area contributed by atoms with Gasteiger partial charge in [-0.25, -0.2) is 0 Å². The number of hydrogen-bond donors (Lipinski definition) is 0. The van der Waals surface area contributed by atoms with Crippen LogP contribution in [0.2, 0.25) is 0 Å². The molecule has 0 aromatic heterocycles. The molecule has 0 saturated heterocycles. The first-order valence-electron chi connectivity index (χ1n) is 0. The van der Waals surface area contributed by atoms with Crippen LogP contribution in [-0.2, 0) is 37.1 Å². The van der Waals surface area contributed by atoms with Gasteiger partial charge in [0.2, 0.25) is 0 Å². The largest absolute Gasteiger partial charge is 0.0776 e. The van der Waals surface area contributed by atoms with Gasteiger partial charge in [0.1, 0.15) is 0 Å². The molecule has 0 aliphatic carbocycles. The van der Waals surface area contributed by atoms with Gasteiger partial charge in [-0.05, 0) is 0 Å². The van der Waals surface area contributed by atoms with Gasteiger partial charge in [0.15, 0.2) is 0 Å². The zero-order valence-electron chi connectivity index (χ0n) is 0.894. The van der Waals surface area contributed by atoms with Crippen molar-refractivity contribution in [3.8, 4) is 0 Å². The fraction of sp³-hybridized carbons (Fsp3) is 1.00. The predicted molar refractivity (Wildman–Crippen MR) is 22.3 cm³/mol. The molecule has 0 N–H and O–H groups in total. The molecule has 0 atom stereocenters. The fourth-order valence-corrected chi connectivity index (χ4v) is 0. The van der Waals surface area contributed by atoms with Gasteiger partial charge in [0.25, 0.3) is 0 Å². The van der Waals surface area contributed by atoms with Crippen LogP contribution in [0, 0.1) is 0 Å². The molecule has 0 saturated carbocycles. The topological polar surface area (TPSA) is 0 Å². The predicted octanol–water partition coefficient (Wildman–Crippen LogP) is 2.15. The Labute approximate surface area is 61.0 Å². The summed E-state index contributed by atoms with van der Waals surface area (Å²) in [4.78, 5) is 0. The molecule has 0 aliphatic rings. The Bertz CT molecular complexity index is 8.75. The van der Waals surface area contributed by atoms with Gasteiger partial charge in [0, 0.05) is 38.5 Å². The minimum Gasteiger partial charge on any atom is -0.0776 e. The van der Waals surface area contributed by atoms with Gasteiger partial charge in [-0.15, -0.1) is 0 Å². The second-order valence-electron chi connectivity index (χ2n) is 0. The molecule has 0 spiro atoms. The van der Waals surface area contributed by atoms with Crippen molar-refractivity contribution in [2.45, 2.75) is 22.3 Å². The molecule has 2 radical (unpaired) electrons. The van der Waals surface area contributed by atoms with Crippen LogP contribution >= 0.6 is 0 Å². The maximum absolute atomic E-state index is 0. The van der Waals surface area contributed by atoms with E-state index in [0.717, 1.165) is 0 Å². The molecule has 5 heavy (non-hydrogen) atoms. The summed E-state index contributed by atoms with van der Waals surface area (Å²) in [5.74, 6) is 0. The van der Waals surface area contributed by atoms with Gasteiger partial charge in [0.05, 0.1) is 0 Å². The molecule has 2 heteroatoms. The molecule has 0 heterocycles. The summed E-state index contributed by atoms with van der Waals surface area (Å²) in [5.41, 5.74) is 0. The summed E-state index contributed by atoms with van der Waals surface area (Å²) in [6.45, 7) is 0. The number of rotatable bonds is 0. The van der Waals surface area contributed by atoms with Crippen LogP contribution in [0.5, 0.6) is 0 Å². The Kier molecular flexibility index (Phi) is 1590. The van der Waals surface area contributed by atoms with Gasteiger partial charge < -0.3 is 0 Å². The summed E-state index contributed by atoms with van der Waals surface area (Å²) >= 11 is 0. The Morgan fingerprint density at radius 3 is 0.600 bits per heavy atom. The van der Waals surface area contributed by atoms with Gasteiger partial charge in [-0.1, -0.05) is 22.3 Å². The van der Waals surface area contributed by atoms with Gasteiger partial charge >= 0.3 is 0 Å². The SMILES string of the molecule is C.C.C.[3HH].[V].[V]. The van der Waals surface area contributed by atoms with Crippen molar-refractivity contribution in [1.82, 2.24) is 0 Å². The van der Waals surface area contributed by atoms with Crippen molar-refractivity contribution in [3.63, 3.8) is 0 Å². The van der Waals surface area contributed by atoms with E-state index in [9.17, 15) is 0 Å². The first-order valence-corrected chi connectivity index (χ1v) is 0. The van der Waals surface area contributed by atoms with E-state index in [1.165, 1.54) is 0 Å². The zero-order valence-corrected chi connectivity index (χ0v) is 3.69. The van der Waals surface area contributed by atoms with E-state index in [1.54, 1.807) is 0 Å². The molecule has 0 amide bonds. The summed E-state index contributed by atoms with van der Waals surface area (Å²) in [5, 5.41) is 0. The summed E-state index contributed by atoms with van der Waals surface area (Å²) in [7, 11) is 0. The second kappa shape index (κ2) is 65.8. The molecule has 0 aromatic rings. The van der Waals surface area contributed by atoms with Crippen molar-refractivity contribution in [2.24, 2.45) is 0 Å². The minimum atomic E-state index is 0. The fourth-order valence-electron chi connectivity index (χ4n) is 0. The van der Waals surface area contributed by atoms with Crippen molar-refractivity contribution >= 4 is 0 Å². The van der Waals surface area contributed by atoms with E-state index >= 15 is 0 Å². The van der Waals surface area contributed by atoms with E-state index in [0.29, 0.717) is 0 Å². The molecule has 0 aliphatic heterocycles. The Morgan fingerprint density at radius 1 is 0.600 bits per heavy atom. The van der Waals surface area contributed by atoms with Crippen LogP contribution in [0.25, 0.3) is 0 Å². The standard InChI is InChI=1S/3CH4.2V.H2/h3*1H4;;;1H/i;;;;;1+2. The van der Waals surface area contributed by atoms with E-state index in [4.69, 9.17) is 0 Å². The molecule has 0 unspecified atom stereocenters. The first kappa shape index (κ1) is 121. The van der Waals surface area contributed by atoms with E-state index in [-0.39, 0.29) is 60.8 Å². The smallest absolute Gasteiger partial charge is 0 e. The van der Waals surface area contributed by atoms with Crippen LogP contribution < -0.4 is 0 Å². The quantitative estimate of drug-likeness (QED) is 0.501. The molecule has 0 fully saturated rings. The maximum atomic E-state index is 0. The van der Waals surface area contributed by atoms with Crippen molar-refractivity contribution in [2.75, 3.05) is 0 Å². The monoisotopic (exact) mass is 154 g/mol. The van der Waals surface area contributed by atoms with Crippen molar-refractivity contribution in [3.05, 3.63) is 0 Å².